The van der Waals surface area contributed by atoms with E-state index in [9.17, 15) is 9.59 Å². The zero-order chi connectivity index (χ0) is 16.0. The number of methoxy groups -OCH3 is 1. The molecule has 0 aliphatic carbocycles. The van der Waals surface area contributed by atoms with Crippen LogP contribution in [0.5, 0.6) is 5.75 Å². The average molecular weight is 316 g/mol. The van der Waals surface area contributed by atoms with E-state index in [4.69, 9.17) is 21.1 Å². The number of urea groups is 1. The number of carbonyl (C=O) groups is 2. The maximum absolute atomic E-state index is 11.7. The summed E-state index contributed by atoms with van der Waals surface area (Å²) in [6.45, 7) is 5.14. The summed E-state index contributed by atoms with van der Waals surface area (Å²) in [5.41, 5.74) is 3.98. The Bertz CT molecular complexity index is 529. The Labute approximate surface area is 127 Å². The smallest absolute Gasteiger partial charge is 0.426 e. The van der Waals surface area contributed by atoms with Crippen molar-refractivity contribution >= 4 is 29.4 Å². The molecule has 0 aliphatic heterocycles. The second-order valence-electron chi connectivity index (χ2n) is 5.05. The molecule has 0 saturated carbocycles. The summed E-state index contributed by atoms with van der Waals surface area (Å²) in [6.07, 6.45) is -0.768. The SMILES string of the molecule is COc1ccc(Cl)cc1NC(=O)NNC(=O)OC(C)(C)C. The van der Waals surface area contributed by atoms with Gasteiger partial charge in [-0.1, -0.05) is 11.6 Å². The molecule has 1 aromatic rings. The number of rotatable bonds is 2. The Balaban J connectivity index is 2.55. The van der Waals surface area contributed by atoms with Gasteiger partial charge in [0.1, 0.15) is 11.4 Å². The molecule has 7 nitrogen and oxygen atoms in total. The summed E-state index contributed by atoms with van der Waals surface area (Å²) < 4.78 is 10.0. The van der Waals surface area contributed by atoms with Gasteiger partial charge in [-0.15, -0.1) is 0 Å². The highest BCUT2D eigenvalue weighted by molar-refractivity contribution is 6.31. The van der Waals surface area contributed by atoms with E-state index in [-0.39, 0.29) is 0 Å². The van der Waals surface area contributed by atoms with Gasteiger partial charge in [-0.05, 0) is 39.0 Å². The van der Waals surface area contributed by atoms with Gasteiger partial charge in [0.25, 0.3) is 0 Å². The summed E-state index contributed by atoms with van der Waals surface area (Å²) in [5, 5.41) is 2.93. The Morgan fingerprint density at radius 1 is 1.19 bits per heavy atom. The molecule has 0 aliphatic rings. The largest absolute Gasteiger partial charge is 0.495 e. The standard InChI is InChI=1S/C13H18ClN3O4/c1-13(2,3)21-12(19)17-16-11(18)15-9-7-8(14)5-6-10(9)20-4/h5-7H,1-4H3,(H,17,19)(H2,15,16,18). The summed E-state index contributed by atoms with van der Waals surface area (Å²) >= 11 is 5.84. The molecule has 8 heteroatoms. The maximum atomic E-state index is 11.7. The zero-order valence-corrected chi connectivity index (χ0v) is 13.0. The molecular weight excluding hydrogens is 298 g/mol. The number of anilines is 1. The van der Waals surface area contributed by atoms with E-state index in [2.05, 4.69) is 16.2 Å². The van der Waals surface area contributed by atoms with Crippen molar-refractivity contribution in [3.8, 4) is 5.75 Å². The van der Waals surface area contributed by atoms with Gasteiger partial charge >= 0.3 is 12.1 Å². The minimum Gasteiger partial charge on any atom is -0.495 e. The van der Waals surface area contributed by atoms with E-state index in [1.54, 1.807) is 32.9 Å². The lowest BCUT2D eigenvalue weighted by Crippen LogP contribution is -2.46. The number of hydrazine groups is 1. The maximum Gasteiger partial charge on any atom is 0.426 e. The van der Waals surface area contributed by atoms with Gasteiger partial charge in [0.2, 0.25) is 0 Å². The fourth-order valence-electron chi connectivity index (χ4n) is 1.34. The van der Waals surface area contributed by atoms with Crippen LogP contribution in [0.25, 0.3) is 0 Å². The highest BCUT2D eigenvalue weighted by atomic mass is 35.5. The summed E-state index contributed by atoms with van der Waals surface area (Å²) in [4.78, 5) is 23.0. The average Bonchev–Trinajstić information content (AvgIpc) is 2.35. The van der Waals surface area contributed by atoms with Crippen LogP contribution in [-0.4, -0.2) is 24.8 Å². The third kappa shape index (κ3) is 6.22. The van der Waals surface area contributed by atoms with Gasteiger partial charge in [0.15, 0.2) is 0 Å². The van der Waals surface area contributed by atoms with Gasteiger partial charge in [-0.3, -0.25) is 0 Å². The number of amides is 3. The second-order valence-corrected chi connectivity index (χ2v) is 5.49. The first-order valence-electron chi connectivity index (χ1n) is 6.11. The quantitative estimate of drug-likeness (QED) is 0.732. The zero-order valence-electron chi connectivity index (χ0n) is 12.2. The fraction of sp³-hybridized carbons (Fsp3) is 0.385. The topological polar surface area (TPSA) is 88.7 Å². The molecule has 21 heavy (non-hydrogen) atoms. The van der Waals surface area contributed by atoms with Crippen molar-refractivity contribution in [2.45, 2.75) is 26.4 Å². The molecule has 1 aromatic carbocycles. The summed E-state index contributed by atoms with van der Waals surface area (Å²) in [6, 6.07) is 4.09. The number of ether oxygens (including phenoxy) is 2. The van der Waals surface area contributed by atoms with E-state index in [1.807, 2.05) is 0 Å². The minimum absolute atomic E-state index is 0.369. The van der Waals surface area contributed by atoms with E-state index < -0.39 is 17.7 Å². The monoisotopic (exact) mass is 315 g/mol. The first-order chi connectivity index (χ1) is 9.71. The lowest BCUT2D eigenvalue weighted by atomic mass is 10.2. The highest BCUT2D eigenvalue weighted by Gasteiger charge is 2.16. The fourth-order valence-corrected chi connectivity index (χ4v) is 1.51. The second kappa shape index (κ2) is 7.03. The Morgan fingerprint density at radius 3 is 2.43 bits per heavy atom. The summed E-state index contributed by atoms with van der Waals surface area (Å²) in [5.74, 6) is 0.437. The molecule has 0 aromatic heterocycles. The Hall–Kier alpha value is -2.15. The van der Waals surface area contributed by atoms with Crippen LogP contribution in [0.4, 0.5) is 15.3 Å². The Morgan fingerprint density at radius 2 is 1.86 bits per heavy atom. The molecular formula is C13H18ClN3O4. The molecule has 0 bridgehead atoms. The van der Waals surface area contributed by atoms with Crippen molar-refractivity contribution < 1.29 is 19.1 Å². The third-order valence-electron chi connectivity index (χ3n) is 2.09. The number of halogens is 1. The van der Waals surface area contributed by atoms with Crippen molar-refractivity contribution in [1.82, 2.24) is 10.9 Å². The number of carbonyl (C=O) groups excluding carboxylic acids is 2. The van der Waals surface area contributed by atoms with E-state index in [1.165, 1.54) is 13.2 Å². The predicted molar refractivity (Wildman–Crippen MR) is 79.5 cm³/mol. The molecule has 1 rings (SSSR count). The van der Waals surface area contributed by atoms with Crippen molar-refractivity contribution in [3.63, 3.8) is 0 Å². The van der Waals surface area contributed by atoms with Crippen LogP contribution in [0.2, 0.25) is 5.02 Å². The van der Waals surface area contributed by atoms with Crippen LogP contribution >= 0.6 is 11.6 Å². The first-order valence-corrected chi connectivity index (χ1v) is 6.48. The van der Waals surface area contributed by atoms with Crippen LogP contribution < -0.4 is 20.9 Å². The molecule has 3 N–H and O–H groups in total. The van der Waals surface area contributed by atoms with Crippen LogP contribution in [-0.2, 0) is 4.74 Å². The van der Waals surface area contributed by atoms with Crippen molar-refractivity contribution in [2.75, 3.05) is 12.4 Å². The molecule has 0 heterocycles. The lowest BCUT2D eigenvalue weighted by molar-refractivity contribution is 0.0506. The molecule has 0 unspecified atom stereocenters. The van der Waals surface area contributed by atoms with Crippen molar-refractivity contribution in [3.05, 3.63) is 23.2 Å². The van der Waals surface area contributed by atoms with E-state index in [0.717, 1.165) is 0 Å². The molecule has 0 spiro atoms. The molecule has 0 fully saturated rings. The van der Waals surface area contributed by atoms with Crippen LogP contribution in [0.15, 0.2) is 18.2 Å². The number of benzene rings is 1. The van der Waals surface area contributed by atoms with Gasteiger partial charge in [-0.2, -0.15) is 0 Å². The summed E-state index contributed by atoms with van der Waals surface area (Å²) in [7, 11) is 1.46. The molecule has 3 amide bonds. The van der Waals surface area contributed by atoms with Crippen LogP contribution in [0.3, 0.4) is 0 Å². The highest BCUT2D eigenvalue weighted by Crippen LogP contribution is 2.27. The third-order valence-corrected chi connectivity index (χ3v) is 2.32. The van der Waals surface area contributed by atoms with E-state index >= 15 is 0 Å². The van der Waals surface area contributed by atoms with Gasteiger partial charge in [0.05, 0.1) is 12.8 Å². The normalized spacial score (nSPS) is 10.5. The van der Waals surface area contributed by atoms with Crippen LogP contribution in [0, 0.1) is 0 Å². The van der Waals surface area contributed by atoms with Gasteiger partial charge < -0.3 is 14.8 Å². The Kier molecular flexibility index (Phi) is 5.66. The molecule has 0 atom stereocenters. The number of hydrogen-bond donors (Lipinski definition) is 3. The molecule has 116 valence electrons. The minimum atomic E-state index is -0.768. The first kappa shape index (κ1) is 16.9. The lowest BCUT2D eigenvalue weighted by Gasteiger charge is -2.20. The van der Waals surface area contributed by atoms with Crippen molar-refractivity contribution in [1.29, 1.82) is 0 Å². The van der Waals surface area contributed by atoms with Gasteiger partial charge in [0, 0.05) is 5.02 Å². The molecule has 0 saturated heterocycles. The van der Waals surface area contributed by atoms with E-state index in [0.29, 0.717) is 16.5 Å². The molecule has 0 radical (unpaired) electrons. The van der Waals surface area contributed by atoms with Gasteiger partial charge in [-0.25, -0.2) is 20.4 Å². The number of hydrogen-bond acceptors (Lipinski definition) is 4. The van der Waals surface area contributed by atoms with Crippen molar-refractivity contribution in [2.24, 2.45) is 0 Å². The number of nitrogens with one attached hydrogen (secondary N) is 3. The predicted octanol–water partition coefficient (Wildman–Crippen LogP) is 2.91. The van der Waals surface area contributed by atoms with Crippen LogP contribution in [0.1, 0.15) is 20.8 Å².